The van der Waals surface area contributed by atoms with Crippen molar-refractivity contribution in [2.24, 2.45) is 11.8 Å². The van der Waals surface area contributed by atoms with Crippen LogP contribution in [0, 0.1) is 5.92 Å². The second-order valence-electron chi connectivity index (χ2n) is 6.73. The topological polar surface area (TPSA) is 47.3 Å². The van der Waals surface area contributed by atoms with Crippen molar-refractivity contribution in [3.05, 3.63) is 21.4 Å². The van der Waals surface area contributed by atoms with Crippen LogP contribution >= 0.6 is 11.3 Å². The van der Waals surface area contributed by atoms with Crippen LogP contribution < -0.4 is 11.3 Å². The zero-order valence-corrected chi connectivity index (χ0v) is 12.8. The van der Waals surface area contributed by atoms with Crippen LogP contribution in [0.25, 0.3) is 0 Å². The smallest absolute Gasteiger partial charge is 0.0686 e. The number of hydrogen-bond donors (Lipinski definition) is 2. The van der Waals surface area contributed by atoms with Crippen LogP contribution in [0.5, 0.6) is 0 Å². The summed E-state index contributed by atoms with van der Waals surface area (Å²) in [6.07, 6.45) is 10.0. The predicted octanol–water partition coefficient (Wildman–Crippen LogP) is 3.09. The molecular formula is C16H24N2OS. The van der Waals surface area contributed by atoms with Gasteiger partial charge in [0.2, 0.25) is 0 Å². The fourth-order valence-electron chi connectivity index (χ4n) is 4.23. The Hall–Kier alpha value is -0.420. The first-order chi connectivity index (χ1) is 9.80. The van der Waals surface area contributed by atoms with Gasteiger partial charge in [-0.2, -0.15) is 0 Å². The van der Waals surface area contributed by atoms with Gasteiger partial charge in [-0.25, -0.2) is 0 Å². The molecule has 1 saturated carbocycles. The van der Waals surface area contributed by atoms with Gasteiger partial charge in [-0.15, -0.1) is 11.3 Å². The number of ether oxygens (including phenoxy) is 1. The number of aryl methyl sites for hydroxylation is 2. The Labute approximate surface area is 124 Å². The summed E-state index contributed by atoms with van der Waals surface area (Å²) in [5.74, 6) is 6.55. The minimum Gasteiger partial charge on any atom is -0.375 e. The van der Waals surface area contributed by atoms with Gasteiger partial charge in [0.05, 0.1) is 11.6 Å². The van der Waals surface area contributed by atoms with E-state index in [9.17, 15) is 0 Å². The van der Waals surface area contributed by atoms with E-state index < -0.39 is 0 Å². The molecule has 1 saturated heterocycles. The SMILES string of the molecule is NNC(c1cc2c(s1)CCC2)C1CCOC2(CCC2)C1. The molecule has 3 N–H and O–H groups in total. The van der Waals surface area contributed by atoms with Gasteiger partial charge in [-0.05, 0) is 68.9 Å². The fourth-order valence-corrected chi connectivity index (χ4v) is 5.64. The molecule has 2 aliphatic carbocycles. The van der Waals surface area contributed by atoms with Gasteiger partial charge in [0.25, 0.3) is 0 Å². The summed E-state index contributed by atoms with van der Waals surface area (Å²) < 4.78 is 6.06. The van der Waals surface area contributed by atoms with Crippen LogP contribution in [-0.2, 0) is 17.6 Å². The Morgan fingerprint density at radius 2 is 2.25 bits per heavy atom. The zero-order valence-electron chi connectivity index (χ0n) is 12.0. The molecular weight excluding hydrogens is 268 g/mol. The Balaban J connectivity index is 1.54. The number of thiophene rings is 1. The summed E-state index contributed by atoms with van der Waals surface area (Å²) >= 11 is 1.99. The van der Waals surface area contributed by atoms with Crippen LogP contribution in [0.4, 0.5) is 0 Å². The number of nitrogens with two attached hydrogens (primary N) is 1. The lowest BCUT2D eigenvalue weighted by Gasteiger charge is -2.48. The van der Waals surface area contributed by atoms with Crippen molar-refractivity contribution in [1.82, 2.24) is 5.43 Å². The van der Waals surface area contributed by atoms with Crippen LogP contribution in [-0.4, -0.2) is 12.2 Å². The second-order valence-corrected chi connectivity index (χ2v) is 7.90. The minimum atomic E-state index is 0.206. The molecule has 3 nitrogen and oxygen atoms in total. The normalized spacial score (nSPS) is 29.1. The highest BCUT2D eigenvalue weighted by atomic mass is 32.1. The van der Waals surface area contributed by atoms with Gasteiger partial charge in [0.1, 0.15) is 0 Å². The van der Waals surface area contributed by atoms with Crippen molar-refractivity contribution in [2.75, 3.05) is 6.61 Å². The van der Waals surface area contributed by atoms with E-state index in [4.69, 9.17) is 10.6 Å². The van der Waals surface area contributed by atoms with Crippen molar-refractivity contribution in [1.29, 1.82) is 0 Å². The lowest BCUT2D eigenvalue weighted by molar-refractivity contribution is -0.147. The quantitative estimate of drug-likeness (QED) is 0.665. The lowest BCUT2D eigenvalue weighted by atomic mass is 9.70. The maximum Gasteiger partial charge on any atom is 0.0686 e. The van der Waals surface area contributed by atoms with Crippen molar-refractivity contribution in [2.45, 2.75) is 63.0 Å². The van der Waals surface area contributed by atoms with Crippen molar-refractivity contribution in [3.8, 4) is 0 Å². The van der Waals surface area contributed by atoms with Crippen molar-refractivity contribution in [3.63, 3.8) is 0 Å². The number of hydrazine groups is 1. The Kier molecular flexibility index (Phi) is 3.38. The standard InChI is InChI=1S/C16H24N2OS/c17-18-15(14-9-11-3-1-4-13(11)20-14)12-5-8-19-16(10-12)6-2-7-16/h9,12,15,18H,1-8,10,17H2. The zero-order chi connectivity index (χ0) is 13.6. The monoisotopic (exact) mass is 292 g/mol. The summed E-state index contributed by atoms with van der Waals surface area (Å²) in [4.78, 5) is 3.06. The summed E-state index contributed by atoms with van der Waals surface area (Å²) in [6, 6.07) is 2.74. The molecule has 2 fully saturated rings. The summed E-state index contributed by atoms with van der Waals surface area (Å²) in [5.41, 5.74) is 4.90. The molecule has 2 unspecified atom stereocenters. The third kappa shape index (κ3) is 2.13. The fraction of sp³-hybridized carbons (Fsp3) is 0.750. The maximum atomic E-state index is 6.06. The number of nitrogens with one attached hydrogen (secondary N) is 1. The van der Waals surface area contributed by atoms with Gasteiger partial charge < -0.3 is 4.74 Å². The molecule has 110 valence electrons. The first-order valence-electron chi connectivity index (χ1n) is 8.01. The van der Waals surface area contributed by atoms with Crippen molar-refractivity contribution >= 4 is 11.3 Å². The molecule has 3 aliphatic rings. The van der Waals surface area contributed by atoms with Crippen LogP contribution in [0.15, 0.2) is 6.07 Å². The molecule has 1 aromatic rings. The summed E-state index contributed by atoms with van der Waals surface area (Å²) in [7, 11) is 0. The highest BCUT2D eigenvalue weighted by Gasteiger charge is 2.44. The largest absolute Gasteiger partial charge is 0.375 e. The molecule has 2 heterocycles. The van der Waals surface area contributed by atoms with Crippen LogP contribution in [0.2, 0.25) is 0 Å². The number of fused-ring (bicyclic) bond motifs is 1. The Bertz CT molecular complexity index is 473. The predicted molar refractivity (Wildman–Crippen MR) is 81.7 cm³/mol. The number of hydrogen-bond acceptors (Lipinski definition) is 4. The van der Waals surface area contributed by atoms with E-state index in [2.05, 4.69) is 11.5 Å². The molecule has 1 aromatic heterocycles. The van der Waals surface area contributed by atoms with Gasteiger partial charge in [0.15, 0.2) is 0 Å². The van der Waals surface area contributed by atoms with E-state index in [-0.39, 0.29) is 5.60 Å². The highest BCUT2D eigenvalue weighted by Crippen LogP contribution is 2.48. The van der Waals surface area contributed by atoms with E-state index in [1.807, 2.05) is 11.3 Å². The third-order valence-electron chi connectivity index (χ3n) is 5.52. The maximum absolute atomic E-state index is 6.06. The molecule has 4 rings (SSSR count). The van der Waals surface area contributed by atoms with Gasteiger partial charge in [-0.3, -0.25) is 11.3 Å². The molecule has 0 radical (unpaired) electrons. The van der Waals surface area contributed by atoms with E-state index in [1.165, 1.54) is 49.8 Å². The minimum absolute atomic E-state index is 0.206. The lowest BCUT2D eigenvalue weighted by Crippen LogP contribution is -2.48. The molecule has 2 atom stereocenters. The molecule has 20 heavy (non-hydrogen) atoms. The third-order valence-corrected chi connectivity index (χ3v) is 6.84. The van der Waals surface area contributed by atoms with Crippen LogP contribution in [0.1, 0.15) is 59.9 Å². The molecule has 1 aliphatic heterocycles. The molecule has 0 bridgehead atoms. The van der Waals surface area contributed by atoms with E-state index >= 15 is 0 Å². The van der Waals surface area contributed by atoms with E-state index in [0.717, 1.165) is 13.0 Å². The first kappa shape index (κ1) is 13.3. The molecule has 0 aromatic carbocycles. The average molecular weight is 292 g/mol. The second kappa shape index (κ2) is 5.09. The number of rotatable bonds is 3. The Morgan fingerprint density at radius 1 is 1.35 bits per heavy atom. The van der Waals surface area contributed by atoms with E-state index in [0.29, 0.717) is 12.0 Å². The first-order valence-corrected chi connectivity index (χ1v) is 8.83. The average Bonchev–Trinajstić information content (AvgIpc) is 2.99. The van der Waals surface area contributed by atoms with Crippen LogP contribution in [0.3, 0.4) is 0 Å². The van der Waals surface area contributed by atoms with Gasteiger partial charge in [0, 0.05) is 16.4 Å². The molecule has 4 heteroatoms. The van der Waals surface area contributed by atoms with Gasteiger partial charge in [-0.1, -0.05) is 0 Å². The van der Waals surface area contributed by atoms with E-state index in [1.54, 1.807) is 10.4 Å². The Morgan fingerprint density at radius 3 is 2.95 bits per heavy atom. The molecule has 1 spiro atoms. The molecule has 0 amide bonds. The highest BCUT2D eigenvalue weighted by molar-refractivity contribution is 7.12. The van der Waals surface area contributed by atoms with Gasteiger partial charge >= 0.3 is 0 Å². The summed E-state index contributed by atoms with van der Waals surface area (Å²) in [5, 5.41) is 0. The summed E-state index contributed by atoms with van der Waals surface area (Å²) in [6.45, 7) is 0.911. The van der Waals surface area contributed by atoms with Crippen molar-refractivity contribution < 1.29 is 4.74 Å².